The zero-order valence-electron chi connectivity index (χ0n) is 15.5. The van der Waals surface area contributed by atoms with Gasteiger partial charge >= 0.3 is 5.97 Å². The molecule has 2 fully saturated rings. The van der Waals surface area contributed by atoms with Gasteiger partial charge in [-0.15, -0.1) is 11.3 Å². The lowest BCUT2D eigenvalue weighted by Crippen LogP contribution is -2.37. The third-order valence-electron chi connectivity index (χ3n) is 6.11. The van der Waals surface area contributed by atoms with Crippen molar-refractivity contribution in [3.63, 3.8) is 0 Å². The summed E-state index contributed by atoms with van der Waals surface area (Å²) in [7, 11) is 0. The number of aliphatic carboxylic acids is 1. The van der Waals surface area contributed by atoms with Gasteiger partial charge in [0.05, 0.1) is 17.5 Å². The van der Waals surface area contributed by atoms with Crippen molar-refractivity contribution in [3.05, 3.63) is 35.2 Å². The van der Waals surface area contributed by atoms with Crippen molar-refractivity contribution in [2.45, 2.75) is 39.0 Å². The van der Waals surface area contributed by atoms with Crippen LogP contribution in [0.1, 0.15) is 44.6 Å². The summed E-state index contributed by atoms with van der Waals surface area (Å²) in [5.74, 6) is -1.19. The fraction of sp³-hybridized carbons (Fsp3) is 0.476. The molecule has 2 aromatic rings. The highest BCUT2D eigenvalue weighted by Crippen LogP contribution is 2.52. The lowest BCUT2D eigenvalue weighted by molar-refractivity contribution is -0.148. The topological polar surface area (TPSA) is 79.3 Å². The van der Waals surface area contributed by atoms with E-state index < -0.39 is 17.8 Å². The van der Waals surface area contributed by atoms with Crippen molar-refractivity contribution in [2.75, 3.05) is 5.32 Å². The van der Waals surface area contributed by atoms with Gasteiger partial charge in [0.2, 0.25) is 5.91 Å². The Bertz CT molecular complexity index is 859. The number of amides is 1. The lowest BCUT2D eigenvalue weighted by atomic mass is 9.79. The number of carboxylic acids is 1. The Labute approximate surface area is 162 Å². The molecule has 142 valence electrons. The van der Waals surface area contributed by atoms with Crippen LogP contribution in [0.4, 0.5) is 5.13 Å². The molecule has 5 nitrogen and oxygen atoms in total. The van der Waals surface area contributed by atoms with Gasteiger partial charge in [0.25, 0.3) is 0 Å². The molecular weight excluding hydrogens is 360 g/mol. The van der Waals surface area contributed by atoms with E-state index in [1.807, 2.05) is 17.5 Å². The predicted molar refractivity (Wildman–Crippen MR) is 106 cm³/mol. The molecule has 1 aromatic heterocycles. The Hall–Kier alpha value is -2.21. The Balaban J connectivity index is 1.47. The SMILES string of the molecule is CC(C)c1ccc(-c2csc(NC(=O)[C@@H]3[C@@H]4CC[C@@H](C4)[C@@H]3C(=O)O)n2)cc1. The van der Waals surface area contributed by atoms with Crippen molar-refractivity contribution in [1.29, 1.82) is 0 Å². The van der Waals surface area contributed by atoms with Gasteiger partial charge < -0.3 is 10.4 Å². The normalized spacial score (nSPS) is 26.5. The molecule has 1 heterocycles. The lowest BCUT2D eigenvalue weighted by Gasteiger charge is -2.26. The highest BCUT2D eigenvalue weighted by atomic mass is 32.1. The number of carbonyl (C=O) groups excluding carboxylic acids is 1. The maximum absolute atomic E-state index is 12.8. The molecule has 0 radical (unpaired) electrons. The number of hydrogen-bond donors (Lipinski definition) is 2. The molecule has 4 atom stereocenters. The van der Waals surface area contributed by atoms with Gasteiger partial charge in [-0.3, -0.25) is 9.59 Å². The molecule has 2 aliphatic carbocycles. The van der Waals surface area contributed by atoms with Crippen LogP contribution in [0.15, 0.2) is 29.6 Å². The van der Waals surface area contributed by atoms with E-state index in [1.165, 1.54) is 16.9 Å². The van der Waals surface area contributed by atoms with Crippen LogP contribution >= 0.6 is 11.3 Å². The third-order valence-corrected chi connectivity index (χ3v) is 6.87. The second-order valence-corrected chi connectivity index (χ2v) is 8.88. The first-order valence-electron chi connectivity index (χ1n) is 9.53. The van der Waals surface area contributed by atoms with E-state index in [0.717, 1.165) is 30.5 Å². The first-order valence-corrected chi connectivity index (χ1v) is 10.4. The van der Waals surface area contributed by atoms with E-state index >= 15 is 0 Å². The minimum Gasteiger partial charge on any atom is -0.481 e. The molecule has 2 aliphatic rings. The number of anilines is 1. The first-order chi connectivity index (χ1) is 12.9. The molecule has 1 aromatic carbocycles. The summed E-state index contributed by atoms with van der Waals surface area (Å²) in [6.45, 7) is 4.32. The van der Waals surface area contributed by atoms with Gasteiger partial charge in [0, 0.05) is 10.9 Å². The number of carboxylic acid groups (broad SMARTS) is 1. The number of nitrogens with zero attached hydrogens (tertiary/aromatic N) is 1. The highest BCUT2D eigenvalue weighted by molar-refractivity contribution is 7.14. The monoisotopic (exact) mass is 384 g/mol. The van der Waals surface area contributed by atoms with Gasteiger partial charge in [-0.2, -0.15) is 0 Å². The Kier molecular flexibility index (Phi) is 4.76. The van der Waals surface area contributed by atoms with E-state index in [0.29, 0.717) is 11.0 Å². The summed E-state index contributed by atoms with van der Waals surface area (Å²) < 4.78 is 0. The van der Waals surface area contributed by atoms with Crippen molar-refractivity contribution in [1.82, 2.24) is 4.98 Å². The molecule has 0 spiro atoms. The van der Waals surface area contributed by atoms with Crippen molar-refractivity contribution in [3.8, 4) is 11.3 Å². The second-order valence-electron chi connectivity index (χ2n) is 8.03. The maximum atomic E-state index is 12.8. The Morgan fingerprint density at radius 3 is 2.44 bits per heavy atom. The predicted octanol–water partition coefficient (Wildman–Crippen LogP) is 4.62. The second kappa shape index (κ2) is 7.08. The van der Waals surface area contributed by atoms with E-state index in [1.54, 1.807) is 0 Å². The number of aromatic nitrogens is 1. The fourth-order valence-corrected chi connectivity index (χ4v) is 5.44. The molecule has 4 rings (SSSR count). The van der Waals surface area contributed by atoms with Gasteiger partial charge in [0.15, 0.2) is 5.13 Å². The summed E-state index contributed by atoms with van der Waals surface area (Å²) >= 11 is 1.38. The van der Waals surface area contributed by atoms with Gasteiger partial charge in [0.1, 0.15) is 0 Å². The molecule has 2 N–H and O–H groups in total. The quantitative estimate of drug-likeness (QED) is 0.788. The highest BCUT2D eigenvalue weighted by Gasteiger charge is 2.54. The van der Waals surface area contributed by atoms with Crippen LogP contribution in [0, 0.1) is 23.7 Å². The fourth-order valence-electron chi connectivity index (χ4n) is 4.72. The van der Waals surface area contributed by atoms with Crippen LogP contribution in [0.2, 0.25) is 0 Å². The minimum absolute atomic E-state index is 0.148. The van der Waals surface area contributed by atoms with E-state index in [2.05, 4.69) is 36.3 Å². The van der Waals surface area contributed by atoms with Crippen LogP contribution in [0.5, 0.6) is 0 Å². The van der Waals surface area contributed by atoms with Crippen LogP contribution < -0.4 is 5.32 Å². The van der Waals surface area contributed by atoms with Crippen LogP contribution in [-0.4, -0.2) is 22.0 Å². The van der Waals surface area contributed by atoms with Crippen molar-refractivity contribution in [2.24, 2.45) is 23.7 Å². The summed E-state index contributed by atoms with van der Waals surface area (Å²) in [5, 5.41) is 14.9. The number of carbonyl (C=O) groups is 2. The number of thiazole rings is 1. The molecule has 27 heavy (non-hydrogen) atoms. The molecule has 0 unspecified atom stereocenters. The molecule has 0 aliphatic heterocycles. The number of benzene rings is 1. The number of hydrogen-bond acceptors (Lipinski definition) is 4. The molecule has 2 saturated carbocycles. The van der Waals surface area contributed by atoms with Crippen LogP contribution in [-0.2, 0) is 9.59 Å². The average Bonchev–Trinajstić information content (AvgIpc) is 3.37. The van der Waals surface area contributed by atoms with Crippen molar-refractivity contribution < 1.29 is 14.7 Å². The number of rotatable bonds is 5. The van der Waals surface area contributed by atoms with Gasteiger partial charge in [-0.25, -0.2) is 4.98 Å². The summed E-state index contributed by atoms with van der Waals surface area (Å²) in [5.41, 5.74) is 3.12. The number of fused-ring (bicyclic) bond motifs is 2. The first kappa shape index (κ1) is 18.2. The minimum atomic E-state index is -0.840. The molecule has 2 bridgehead atoms. The van der Waals surface area contributed by atoms with E-state index in [4.69, 9.17) is 0 Å². The summed E-state index contributed by atoms with van der Waals surface area (Å²) in [6.07, 6.45) is 2.75. The molecule has 0 saturated heterocycles. The van der Waals surface area contributed by atoms with Crippen LogP contribution in [0.25, 0.3) is 11.3 Å². The summed E-state index contributed by atoms with van der Waals surface area (Å²) in [4.78, 5) is 28.9. The number of nitrogens with one attached hydrogen (secondary N) is 1. The zero-order chi connectivity index (χ0) is 19.1. The molecule has 1 amide bonds. The van der Waals surface area contributed by atoms with E-state index in [9.17, 15) is 14.7 Å². The molecular formula is C21H24N2O3S. The van der Waals surface area contributed by atoms with Gasteiger partial charge in [-0.05, 0) is 42.6 Å². The molecule has 6 heteroatoms. The zero-order valence-corrected chi connectivity index (χ0v) is 16.3. The van der Waals surface area contributed by atoms with Crippen LogP contribution in [0.3, 0.4) is 0 Å². The Morgan fingerprint density at radius 2 is 1.81 bits per heavy atom. The standard InChI is InChI=1S/C21H24N2O3S/c1-11(2)12-3-5-13(6-4-12)16-10-27-21(22-16)23-19(24)17-14-7-8-15(9-14)18(17)20(25)26/h3-6,10-11,14-15,17-18H,7-9H2,1-2H3,(H,25,26)(H,22,23,24)/t14-,15+,17-,18+/m1/s1. The maximum Gasteiger partial charge on any atom is 0.307 e. The summed E-state index contributed by atoms with van der Waals surface area (Å²) in [6, 6.07) is 8.30. The smallest absolute Gasteiger partial charge is 0.307 e. The Morgan fingerprint density at radius 1 is 1.15 bits per heavy atom. The largest absolute Gasteiger partial charge is 0.481 e. The van der Waals surface area contributed by atoms with Gasteiger partial charge in [-0.1, -0.05) is 38.1 Å². The van der Waals surface area contributed by atoms with E-state index in [-0.39, 0.29) is 17.7 Å². The van der Waals surface area contributed by atoms with Crippen molar-refractivity contribution >= 4 is 28.3 Å². The third kappa shape index (κ3) is 3.38. The average molecular weight is 385 g/mol.